The molecule has 1 amide bonds. The van der Waals surface area contributed by atoms with Gasteiger partial charge in [0, 0.05) is 19.3 Å². The Kier molecular flexibility index (Phi) is 7.40. The molecule has 2 fully saturated rings. The van der Waals surface area contributed by atoms with Crippen LogP contribution < -0.4 is 21.3 Å². The normalized spacial score (nSPS) is 20.2. The lowest BCUT2D eigenvalue weighted by molar-refractivity contribution is -0.113. The van der Waals surface area contributed by atoms with Crippen molar-refractivity contribution in [2.24, 2.45) is 13.0 Å². The summed E-state index contributed by atoms with van der Waals surface area (Å²) in [5.74, 6) is 0.688. The van der Waals surface area contributed by atoms with Crippen LogP contribution >= 0.6 is 24.0 Å². The van der Waals surface area contributed by atoms with Crippen molar-refractivity contribution in [3.63, 3.8) is 0 Å². The van der Waals surface area contributed by atoms with Gasteiger partial charge in [-0.15, -0.1) is 0 Å². The van der Waals surface area contributed by atoms with E-state index in [2.05, 4.69) is 12.2 Å². The fourth-order valence-corrected chi connectivity index (χ4v) is 6.95. The maximum Gasteiger partial charge on any atom is 0.296 e. The van der Waals surface area contributed by atoms with E-state index in [0.29, 0.717) is 34.3 Å². The largest absolute Gasteiger partial charge is 0.367 e. The molecule has 0 atom stereocenters. The fourth-order valence-electron chi connectivity index (χ4n) is 5.70. The van der Waals surface area contributed by atoms with E-state index in [9.17, 15) is 14.4 Å². The van der Waals surface area contributed by atoms with Gasteiger partial charge >= 0.3 is 0 Å². The molecule has 0 bridgehead atoms. The van der Waals surface area contributed by atoms with E-state index in [4.69, 9.17) is 17.2 Å². The molecule has 0 spiro atoms. The van der Waals surface area contributed by atoms with Crippen LogP contribution in [0.4, 0.5) is 11.5 Å². The van der Waals surface area contributed by atoms with Crippen LogP contribution in [0.15, 0.2) is 63.2 Å². The summed E-state index contributed by atoms with van der Waals surface area (Å²) in [7, 11) is 1.77. The molecule has 1 N–H and O–H groups in total. The van der Waals surface area contributed by atoms with Crippen molar-refractivity contribution in [1.29, 1.82) is 0 Å². The number of carbonyl (C=O) groups is 1. The van der Waals surface area contributed by atoms with Crippen LogP contribution in [0.1, 0.15) is 49.4 Å². The molecule has 42 heavy (non-hydrogen) atoms. The van der Waals surface area contributed by atoms with Gasteiger partial charge in [-0.1, -0.05) is 55.2 Å². The summed E-state index contributed by atoms with van der Waals surface area (Å²) in [6, 6.07) is 13.2. The molecule has 4 heterocycles. The highest BCUT2D eigenvalue weighted by Crippen LogP contribution is 2.37. The number of benzene rings is 1. The van der Waals surface area contributed by atoms with Crippen molar-refractivity contribution in [3.8, 4) is 5.69 Å². The third-order valence-electron chi connectivity index (χ3n) is 8.18. The van der Waals surface area contributed by atoms with Crippen LogP contribution in [-0.2, 0) is 11.8 Å². The lowest BCUT2D eigenvalue weighted by atomic mass is 9.87. The Morgan fingerprint density at radius 3 is 2.43 bits per heavy atom. The summed E-state index contributed by atoms with van der Waals surface area (Å²) in [6.07, 6.45) is 7.50. The Hall–Kier alpha value is -3.96. The van der Waals surface area contributed by atoms with Crippen molar-refractivity contribution >= 4 is 57.4 Å². The Morgan fingerprint density at radius 1 is 1.00 bits per heavy atom. The van der Waals surface area contributed by atoms with Gasteiger partial charge in [-0.25, -0.2) is 9.67 Å². The number of hydrogen-bond donors (Lipinski definition) is 1. The summed E-state index contributed by atoms with van der Waals surface area (Å²) in [5.41, 5.74) is 2.59. The van der Waals surface area contributed by atoms with Crippen LogP contribution in [0.2, 0.25) is 0 Å². The van der Waals surface area contributed by atoms with E-state index in [1.54, 1.807) is 30.9 Å². The summed E-state index contributed by atoms with van der Waals surface area (Å²) in [4.78, 5) is 47.8. The molecule has 1 saturated carbocycles. The summed E-state index contributed by atoms with van der Waals surface area (Å²) < 4.78 is 4.97. The lowest BCUT2D eigenvalue weighted by Gasteiger charge is -2.27. The minimum absolute atomic E-state index is 0.186. The van der Waals surface area contributed by atoms with E-state index in [-0.39, 0.29) is 32.1 Å². The molecule has 9 nitrogen and oxygen atoms in total. The highest BCUT2D eigenvalue weighted by atomic mass is 32.2. The van der Waals surface area contributed by atoms with Gasteiger partial charge in [0.15, 0.2) is 4.32 Å². The quantitative estimate of drug-likeness (QED) is 0.249. The first-order valence-electron chi connectivity index (χ1n) is 14.1. The van der Waals surface area contributed by atoms with Gasteiger partial charge in [0.25, 0.3) is 17.0 Å². The average molecular weight is 601 g/mol. The highest BCUT2D eigenvalue weighted by molar-refractivity contribution is 8.27. The molecular weight excluding hydrogens is 569 g/mol. The van der Waals surface area contributed by atoms with Gasteiger partial charge < -0.3 is 5.32 Å². The maximum absolute atomic E-state index is 13.9. The molecule has 1 aromatic carbocycles. The van der Waals surface area contributed by atoms with Crippen molar-refractivity contribution in [2.45, 2.75) is 52.5 Å². The van der Waals surface area contributed by atoms with E-state index in [1.165, 1.54) is 14.0 Å². The van der Waals surface area contributed by atoms with E-state index < -0.39 is 5.91 Å². The smallest absolute Gasteiger partial charge is 0.296 e. The molecule has 0 radical (unpaired) electrons. The number of aromatic nitrogens is 4. The molecule has 1 aliphatic heterocycles. The van der Waals surface area contributed by atoms with Crippen molar-refractivity contribution in [2.75, 3.05) is 10.2 Å². The zero-order valence-electron chi connectivity index (χ0n) is 24.0. The predicted octanol–water partition coefficient (Wildman–Crippen LogP) is 5.20. The molecule has 4 aromatic rings. The number of carbonyl (C=O) groups excluding carboxylic acids is 1. The van der Waals surface area contributed by atoms with E-state index in [0.717, 1.165) is 43.0 Å². The van der Waals surface area contributed by atoms with Crippen molar-refractivity contribution < 1.29 is 4.79 Å². The first kappa shape index (κ1) is 28.2. The number of thiocarbonyl (C=S) groups is 1. The second-order valence-electron chi connectivity index (χ2n) is 11.1. The molecule has 1 aliphatic carbocycles. The number of hydrogen-bond acceptors (Lipinski definition) is 7. The second-order valence-corrected chi connectivity index (χ2v) is 12.8. The minimum atomic E-state index is -0.442. The van der Waals surface area contributed by atoms with Gasteiger partial charge in [-0.05, 0) is 75.3 Å². The molecule has 1 saturated heterocycles. The number of aryl methyl sites for hydroxylation is 1. The number of fused-ring (bicyclic) bond motifs is 1. The Labute approximate surface area is 252 Å². The summed E-state index contributed by atoms with van der Waals surface area (Å²) >= 11 is 6.72. The van der Waals surface area contributed by atoms with Crippen LogP contribution in [-0.4, -0.2) is 35.0 Å². The predicted molar refractivity (Wildman–Crippen MR) is 173 cm³/mol. The molecule has 3 aromatic heterocycles. The Morgan fingerprint density at radius 2 is 1.71 bits per heavy atom. The number of anilines is 2. The first-order valence-corrected chi connectivity index (χ1v) is 15.3. The third kappa shape index (κ3) is 4.90. The third-order valence-corrected chi connectivity index (χ3v) is 9.48. The topological polar surface area (TPSA) is 93.6 Å². The Balaban J connectivity index is 1.43. The van der Waals surface area contributed by atoms with Gasteiger partial charge in [0.2, 0.25) is 0 Å². The standard InChI is InChI=1S/C31H32N6O3S2/c1-18-10-13-21(14-11-18)32-27-23(28(38)35-17-19(2)12-15-25(35)33-27)16-24-29(39)36(31(41)42-24)26-20(3)34(4)37(30(26)40)22-8-6-5-7-9-22/h5-9,12,15-18,21,32H,10-11,13-14H2,1-4H3/b24-16+. The highest BCUT2D eigenvalue weighted by Gasteiger charge is 2.38. The molecule has 11 heteroatoms. The molecule has 6 rings (SSSR count). The number of nitrogens with one attached hydrogen (secondary N) is 1. The van der Waals surface area contributed by atoms with Gasteiger partial charge in [0.05, 0.1) is 21.8 Å². The monoisotopic (exact) mass is 600 g/mol. The zero-order valence-corrected chi connectivity index (χ0v) is 25.6. The molecule has 2 aliphatic rings. The fraction of sp³-hybridized carbons (Fsp3) is 0.323. The SMILES string of the molecule is Cc1ccc2nc(NC3CCC(C)CC3)c(/C=C3/SC(=S)N(c4c(C)n(C)n(-c5ccccc5)c4=O)C3=O)c(=O)n2c1. The van der Waals surface area contributed by atoms with Gasteiger partial charge in [0.1, 0.15) is 17.2 Å². The number of rotatable bonds is 5. The Bertz CT molecular complexity index is 1880. The average Bonchev–Trinajstić information content (AvgIpc) is 3.37. The zero-order chi connectivity index (χ0) is 29.7. The number of para-hydroxylation sites is 1. The maximum atomic E-state index is 13.9. The second kappa shape index (κ2) is 11.0. The van der Waals surface area contributed by atoms with Crippen LogP contribution in [0.25, 0.3) is 17.4 Å². The van der Waals surface area contributed by atoms with Crippen molar-refractivity contribution in [3.05, 3.63) is 91.1 Å². The number of nitrogens with zero attached hydrogens (tertiary/aromatic N) is 5. The van der Waals surface area contributed by atoms with E-state index >= 15 is 0 Å². The molecule has 216 valence electrons. The lowest BCUT2D eigenvalue weighted by Crippen LogP contribution is -2.33. The van der Waals surface area contributed by atoms with Crippen LogP contribution in [0.3, 0.4) is 0 Å². The van der Waals surface area contributed by atoms with Gasteiger partial charge in [-0.2, -0.15) is 0 Å². The number of amides is 1. The van der Waals surface area contributed by atoms with E-state index in [1.807, 2.05) is 49.4 Å². The minimum Gasteiger partial charge on any atom is -0.367 e. The molecule has 0 unspecified atom stereocenters. The number of thioether (sulfide) groups is 1. The first-order chi connectivity index (χ1) is 20.1. The van der Waals surface area contributed by atoms with Crippen LogP contribution in [0.5, 0.6) is 0 Å². The summed E-state index contributed by atoms with van der Waals surface area (Å²) in [6.45, 7) is 5.96. The van der Waals surface area contributed by atoms with Crippen LogP contribution in [0, 0.1) is 19.8 Å². The molecular formula is C31H32N6O3S2. The van der Waals surface area contributed by atoms with Gasteiger partial charge in [-0.3, -0.25) is 28.4 Å². The number of pyridine rings is 1. The summed E-state index contributed by atoms with van der Waals surface area (Å²) in [5, 5.41) is 3.52. The van der Waals surface area contributed by atoms with Crippen molar-refractivity contribution in [1.82, 2.24) is 18.7 Å².